The van der Waals surface area contributed by atoms with Crippen LogP contribution >= 0.6 is 0 Å². The van der Waals surface area contributed by atoms with Crippen molar-refractivity contribution in [3.8, 4) is 0 Å². The van der Waals surface area contributed by atoms with Gasteiger partial charge in [-0.15, -0.1) is 0 Å². The summed E-state index contributed by atoms with van der Waals surface area (Å²) in [5, 5.41) is 0. The first-order chi connectivity index (χ1) is 17.4. The van der Waals surface area contributed by atoms with Crippen LogP contribution in [0.4, 0.5) is 17.1 Å². The van der Waals surface area contributed by atoms with Crippen LogP contribution in [0.5, 0.6) is 0 Å². The van der Waals surface area contributed by atoms with Crippen LogP contribution in [-0.2, 0) is 6.42 Å². The molecule has 0 fully saturated rings. The van der Waals surface area contributed by atoms with E-state index in [1.54, 1.807) is 0 Å². The Morgan fingerprint density at radius 1 is 0.694 bits per heavy atom. The Morgan fingerprint density at radius 3 is 1.69 bits per heavy atom. The molecule has 0 saturated heterocycles. The van der Waals surface area contributed by atoms with Crippen molar-refractivity contribution in [1.29, 1.82) is 0 Å². The Bertz CT molecular complexity index is 1110. The molecule has 0 radical (unpaired) electrons. The molecular weight excluding hydrogens is 438 g/mol. The lowest BCUT2D eigenvalue weighted by molar-refractivity contribution is 0.854. The second-order valence-corrected chi connectivity index (χ2v) is 10.1. The highest BCUT2D eigenvalue weighted by molar-refractivity contribution is 5.64. The summed E-state index contributed by atoms with van der Waals surface area (Å²) in [5.74, 6) is 0.206. The summed E-state index contributed by atoms with van der Waals surface area (Å²) in [6.45, 7) is 22.1. The van der Waals surface area contributed by atoms with E-state index in [2.05, 4.69) is 118 Å². The molecule has 3 heteroatoms. The number of likely N-dealkylation sites (N-methyl/N-ethyl adjacent to an activating group) is 1. The summed E-state index contributed by atoms with van der Waals surface area (Å²) in [6, 6.07) is 21.4. The third kappa shape index (κ3) is 4.98. The van der Waals surface area contributed by atoms with Crippen LogP contribution in [-0.4, -0.2) is 39.3 Å². The van der Waals surface area contributed by atoms with E-state index in [-0.39, 0.29) is 5.92 Å². The number of fused-ring (bicyclic) bond motifs is 1. The number of rotatable bonds is 10. The molecule has 0 unspecified atom stereocenters. The molecule has 0 bridgehead atoms. The lowest BCUT2D eigenvalue weighted by Gasteiger charge is -2.29. The van der Waals surface area contributed by atoms with Crippen LogP contribution in [0, 0.1) is 13.8 Å². The second-order valence-electron chi connectivity index (χ2n) is 10.1. The molecule has 3 aromatic carbocycles. The van der Waals surface area contributed by atoms with Gasteiger partial charge in [-0.3, -0.25) is 0 Å². The third-order valence-corrected chi connectivity index (χ3v) is 8.22. The Hall–Kier alpha value is -2.94. The molecule has 4 rings (SSSR count). The maximum absolute atomic E-state index is 2.51. The zero-order chi connectivity index (χ0) is 25.8. The van der Waals surface area contributed by atoms with Crippen LogP contribution in [0.15, 0.2) is 54.6 Å². The van der Waals surface area contributed by atoms with E-state index >= 15 is 0 Å². The van der Waals surface area contributed by atoms with Crippen molar-refractivity contribution in [1.82, 2.24) is 0 Å². The quantitative estimate of drug-likeness (QED) is 0.276. The lowest BCUT2D eigenvalue weighted by Crippen LogP contribution is -2.23. The highest BCUT2D eigenvalue weighted by atomic mass is 15.1. The Kier molecular flexibility index (Phi) is 8.28. The SMILES string of the molecule is CCN(CC)c1ccc(C)c(C(c2ccc3c(c2)CCN3CC)c2cc(N(CC)CC)ccc2C)c1. The summed E-state index contributed by atoms with van der Waals surface area (Å²) in [7, 11) is 0. The molecule has 1 heterocycles. The van der Waals surface area contributed by atoms with Crippen LogP contribution in [0.25, 0.3) is 0 Å². The molecular formula is C33H45N3. The minimum atomic E-state index is 0.206. The zero-order valence-corrected chi connectivity index (χ0v) is 23.6. The third-order valence-electron chi connectivity index (χ3n) is 8.22. The smallest absolute Gasteiger partial charge is 0.0399 e. The lowest BCUT2D eigenvalue weighted by atomic mass is 9.80. The van der Waals surface area contributed by atoms with Crippen molar-refractivity contribution in [3.05, 3.63) is 88.0 Å². The van der Waals surface area contributed by atoms with Crippen LogP contribution in [0.3, 0.4) is 0 Å². The van der Waals surface area contributed by atoms with Gasteiger partial charge >= 0.3 is 0 Å². The van der Waals surface area contributed by atoms with Crippen LogP contribution < -0.4 is 14.7 Å². The maximum atomic E-state index is 2.51. The first kappa shape index (κ1) is 26.1. The van der Waals surface area contributed by atoms with E-state index in [0.29, 0.717) is 0 Å². The highest BCUT2D eigenvalue weighted by Crippen LogP contribution is 2.41. The Labute approximate surface area is 219 Å². The molecule has 0 aromatic heterocycles. The molecule has 0 amide bonds. The van der Waals surface area contributed by atoms with Gasteiger partial charge < -0.3 is 14.7 Å². The highest BCUT2D eigenvalue weighted by Gasteiger charge is 2.25. The molecule has 0 saturated carbocycles. The molecule has 3 nitrogen and oxygen atoms in total. The van der Waals surface area contributed by atoms with E-state index in [0.717, 1.165) is 45.7 Å². The average Bonchev–Trinajstić information content (AvgIpc) is 3.31. The van der Waals surface area contributed by atoms with Crippen molar-refractivity contribution >= 4 is 17.1 Å². The summed E-state index contributed by atoms with van der Waals surface area (Å²) in [6.07, 6.45) is 1.14. The van der Waals surface area contributed by atoms with Gasteiger partial charge in [0.1, 0.15) is 0 Å². The van der Waals surface area contributed by atoms with Gasteiger partial charge in [0.25, 0.3) is 0 Å². The predicted molar refractivity (Wildman–Crippen MR) is 158 cm³/mol. The molecule has 1 aliphatic heterocycles. The number of anilines is 3. The average molecular weight is 484 g/mol. The second kappa shape index (κ2) is 11.4. The van der Waals surface area contributed by atoms with Gasteiger partial charge in [-0.05, 0) is 119 Å². The van der Waals surface area contributed by atoms with E-state index in [4.69, 9.17) is 0 Å². The molecule has 0 N–H and O–H groups in total. The number of hydrogen-bond acceptors (Lipinski definition) is 3. The van der Waals surface area contributed by atoms with Gasteiger partial charge in [-0.25, -0.2) is 0 Å². The van der Waals surface area contributed by atoms with Crippen molar-refractivity contribution in [3.63, 3.8) is 0 Å². The number of nitrogens with zero attached hydrogens (tertiary/aromatic N) is 3. The fourth-order valence-corrected chi connectivity index (χ4v) is 5.97. The Morgan fingerprint density at radius 2 is 1.22 bits per heavy atom. The van der Waals surface area contributed by atoms with Crippen LogP contribution in [0.2, 0.25) is 0 Å². The topological polar surface area (TPSA) is 9.72 Å². The fourth-order valence-electron chi connectivity index (χ4n) is 5.97. The zero-order valence-electron chi connectivity index (χ0n) is 23.6. The van der Waals surface area contributed by atoms with E-state index in [1.165, 1.54) is 50.4 Å². The Balaban J connectivity index is 1.93. The summed E-state index contributed by atoms with van der Waals surface area (Å²) in [4.78, 5) is 7.43. The van der Waals surface area contributed by atoms with Crippen molar-refractivity contribution < 1.29 is 0 Å². The van der Waals surface area contributed by atoms with E-state index in [1.807, 2.05) is 0 Å². The summed E-state index contributed by atoms with van der Waals surface area (Å²) < 4.78 is 0. The molecule has 0 atom stereocenters. The standard InChI is InChI=1S/C33H45N3/c1-8-34(9-2)28-16-13-24(6)30(22-28)33(27-15-18-32-26(21-27)19-20-36(32)12-5)31-23-29(17-14-25(31)7)35(10-3)11-4/h13-18,21-23,33H,8-12,19-20H2,1-7H3. The van der Waals surface area contributed by atoms with Crippen LogP contribution in [0.1, 0.15) is 73.9 Å². The molecule has 0 aliphatic carbocycles. The van der Waals surface area contributed by atoms with E-state index in [9.17, 15) is 0 Å². The summed E-state index contributed by atoms with van der Waals surface area (Å²) >= 11 is 0. The minimum Gasteiger partial charge on any atom is -0.372 e. The first-order valence-electron chi connectivity index (χ1n) is 14.0. The first-order valence-corrected chi connectivity index (χ1v) is 14.0. The van der Waals surface area contributed by atoms with Gasteiger partial charge in [0.2, 0.25) is 0 Å². The normalized spacial score (nSPS) is 12.8. The fraction of sp³-hybridized carbons (Fsp3) is 0.455. The van der Waals surface area contributed by atoms with Gasteiger partial charge in [0.05, 0.1) is 0 Å². The van der Waals surface area contributed by atoms with Crippen molar-refractivity contribution in [2.75, 3.05) is 54.0 Å². The number of benzene rings is 3. The minimum absolute atomic E-state index is 0.206. The molecule has 0 spiro atoms. The monoisotopic (exact) mass is 483 g/mol. The molecule has 192 valence electrons. The molecule has 1 aliphatic rings. The van der Waals surface area contributed by atoms with Gasteiger partial charge in [-0.1, -0.05) is 24.3 Å². The van der Waals surface area contributed by atoms with Gasteiger partial charge in [-0.2, -0.15) is 0 Å². The van der Waals surface area contributed by atoms with Crippen molar-refractivity contribution in [2.24, 2.45) is 0 Å². The maximum Gasteiger partial charge on any atom is 0.0399 e. The number of hydrogen-bond donors (Lipinski definition) is 0. The van der Waals surface area contributed by atoms with E-state index < -0.39 is 0 Å². The van der Waals surface area contributed by atoms with Gasteiger partial charge in [0, 0.05) is 62.2 Å². The molecule has 3 aromatic rings. The largest absolute Gasteiger partial charge is 0.372 e. The predicted octanol–water partition coefficient (Wildman–Crippen LogP) is 7.56. The molecule has 36 heavy (non-hydrogen) atoms. The van der Waals surface area contributed by atoms with Gasteiger partial charge in [0.15, 0.2) is 0 Å². The van der Waals surface area contributed by atoms with Crippen molar-refractivity contribution in [2.45, 2.75) is 60.8 Å². The summed E-state index contributed by atoms with van der Waals surface area (Å²) in [5.41, 5.74) is 12.5. The number of aryl methyl sites for hydroxylation is 2.